The molecule has 0 saturated heterocycles. The first-order valence-corrected chi connectivity index (χ1v) is 4.07. The molecule has 68 valence electrons. The minimum absolute atomic E-state index is 0.431. The summed E-state index contributed by atoms with van der Waals surface area (Å²) in [5, 5.41) is 3.87. The summed E-state index contributed by atoms with van der Waals surface area (Å²) < 4.78 is 1.56. The van der Waals surface area contributed by atoms with Crippen LogP contribution >= 0.6 is 0 Å². The average Bonchev–Trinajstić information content (AvgIpc) is 2.55. The van der Waals surface area contributed by atoms with E-state index in [9.17, 15) is 4.79 Å². The van der Waals surface area contributed by atoms with Crippen molar-refractivity contribution < 1.29 is 4.79 Å². The molecule has 0 unspecified atom stereocenters. The van der Waals surface area contributed by atoms with E-state index in [0.29, 0.717) is 12.2 Å². The summed E-state index contributed by atoms with van der Waals surface area (Å²) in [7, 11) is 0. The van der Waals surface area contributed by atoms with Gasteiger partial charge < -0.3 is 5.73 Å². The first kappa shape index (κ1) is 10.7. The summed E-state index contributed by atoms with van der Waals surface area (Å²) in [5.74, 6) is -0.431. The van der Waals surface area contributed by atoms with Crippen molar-refractivity contribution in [1.29, 1.82) is 0 Å². The molecule has 0 aliphatic heterocycles. The van der Waals surface area contributed by atoms with Crippen LogP contribution < -0.4 is 5.73 Å². The zero-order valence-electron chi connectivity index (χ0n) is 7.74. The number of hydrogen-bond acceptors (Lipinski definition) is 2. The molecule has 0 saturated carbocycles. The summed E-state index contributed by atoms with van der Waals surface area (Å²) in [6.45, 7) is 6.57. The molecule has 0 aliphatic rings. The van der Waals surface area contributed by atoms with Crippen molar-refractivity contribution >= 4 is 5.91 Å². The molecule has 1 aromatic rings. The molecule has 0 radical (unpaired) electrons. The minimum Gasteiger partial charge on any atom is -0.364 e. The van der Waals surface area contributed by atoms with Crippen LogP contribution in [0, 0.1) is 0 Å². The molecule has 1 rings (SSSR count). The quantitative estimate of drug-likeness (QED) is 0.718. The number of primary amides is 1. The predicted octanol–water partition coefficient (Wildman–Crippen LogP) is 1.03. The van der Waals surface area contributed by atoms with Gasteiger partial charge in [-0.2, -0.15) is 5.10 Å². The zero-order valence-corrected chi connectivity index (χ0v) is 7.74. The second-order valence-electron chi connectivity index (χ2n) is 1.90. The van der Waals surface area contributed by atoms with Gasteiger partial charge in [0.1, 0.15) is 5.69 Å². The molecule has 4 heteroatoms. The number of amides is 1. The lowest BCUT2D eigenvalue weighted by atomic mass is 10.4. The van der Waals surface area contributed by atoms with Crippen molar-refractivity contribution in [1.82, 2.24) is 9.78 Å². The van der Waals surface area contributed by atoms with Gasteiger partial charge in [-0.1, -0.05) is 13.8 Å². The Morgan fingerprint density at radius 2 is 2.25 bits per heavy atom. The highest BCUT2D eigenvalue weighted by molar-refractivity contribution is 5.90. The van der Waals surface area contributed by atoms with Crippen LogP contribution in [-0.2, 0) is 6.54 Å². The van der Waals surface area contributed by atoms with Crippen molar-refractivity contribution in [3.63, 3.8) is 0 Å². The minimum atomic E-state index is -0.431. The first-order chi connectivity index (χ1) is 5.75. The fourth-order valence-electron chi connectivity index (χ4n) is 0.794. The number of nitrogens with two attached hydrogens (primary N) is 1. The fraction of sp³-hybridized carbons (Fsp3) is 0.500. The molecule has 1 aromatic heterocycles. The summed E-state index contributed by atoms with van der Waals surface area (Å²) >= 11 is 0. The Morgan fingerprint density at radius 3 is 2.58 bits per heavy atom. The molecule has 1 amide bonds. The van der Waals surface area contributed by atoms with Crippen LogP contribution in [-0.4, -0.2) is 15.7 Å². The standard InChI is InChI=1S/C6H9N3O.C2H6/c1-2-9-5(6(7)10)3-4-8-9;1-2/h3-4H,2H2,1H3,(H2,7,10);1-2H3. The summed E-state index contributed by atoms with van der Waals surface area (Å²) in [6, 6.07) is 1.60. The number of aromatic nitrogens is 2. The molecule has 0 aliphatic carbocycles. The Kier molecular flexibility index (Phi) is 4.76. The Hall–Kier alpha value is -1.32. The molecule has 1 heterocycles. The summed E-state index contributed by atoms with van der Waals surface area (Å²) in [5.41, 5.74) is 5.50. The van der Waals surface area contributed by atoms with Crippen molar-refractivity contribution in [2.24, 2.45) is 5.73 Å². The third-order valence-corrected chi connectivity index (χ3v) is 1.27. The Bertz CT molecular complexity index is 242. The molecule has 12 heavy (non-hydrogen) atoms. The zero-order chi connectivity index (χ0) is 9.56. The van der Waals surface area contributed by atoms with Gasteiger partial charge in [-0.15, -0.1) is 0 Å². The van der Waals surface area contributed by atoms with E-state index in [0.717, 1.165) is 0 Å². The first-order valence-electron chi connectivity index (χ1n) is 4.07. The molecule has 2 N–H and O–H groups in total. The van der Waals surface area contributed by atoms with Gasteiger partial charge in [0.2, 0.25) is 0 Å². The largest absolute Gasteiger partial charge is 0.364 e. The van der Waals surface area contributed by atoms with Crippen LogP contribution in [0.5, 0.6) is 0 Å². The number of carbonyl (C=O) groups excluding carboxylic acids is 1. The Balaban J connectivity index is 0.000000561. The van der Waals surface area contributed by atoms with E-state index in [1.807, 2.05) is 20.8 Å². The molecule has 0 atom stereocenters. The molecular formula is C8H15N3O. The van der Waals surface area contributed by atoms with E-state index >= 15 is 0 Å². The molecule has 4 nitrogen and oxygen atoms in total. The average molecular weight is 169 g/mol. The van der Waals surface area contributed by atoms with Crippen molar-refractivity contribution in [2.75, 3.05) is 0 Å². The molecule has 0 spiro atoms. The fourth-order valence-corrected chi connectivity index (χ4v) is 0.794. The van der Waals surface area contributed by atoms with Crippen molar-refractivity contribution in [3.8, 4) is 0 Å². The van der Waals surface area contributed by atoms with Crippen molar-refractivity contribution in [2.45, 2.75) is 27.3 Å². The maximum absolute atomic E-state index is 10.6. The summed E-state index contributed by atoms with van der Waals surface area (Å²) in [4.78, 5) is 10.6. The lowest BCUT2D eigenvalue weighted by Crippen LogP contribution is -2.16. The van der Waals surface area contributed by atoms with Gasteiger partial charge in [0.25, 0.3) is 5.91 Å². The highest BCUT2D eigenvalue weighted by atomic mass is 16.1. The van der Waals surface area contributed by atoms with Crippen LogP contribution in [0.25, 0.3) is 0 Å². The van der Waals surface area contributed by atoms with Crippen molar-refractivity contribution in [3.05, 3.63) is 18.0 Å². The molecular weight excluding hydrogens is 154 g/mol. The number of nitrogens with zero attached hydrogens (tertiary/aromatic N) is 2. The van der Waals surface area contributed by atoms with Gasteiger partial charge in [-0.05, 0) is 13.0 Å². The monoisotopic (exact) mass is 169 g/mol. The van der Waals surface area contributed by atoms with Gasteiger partial charge in [0.05, 0.1) is 0 Å². The smallest absolute Gasteiger partial charge is 0.266 e. The van der Waals surface area contributed by atoms with E-state index in [4.69, 9.17) is 5.73 Å². The third-order valence-electron chi connectivity index (χ3n) is 1.27. The molecule has 0 aromatic carbocycles. The normalized spacial score (nSPS) is 8.58. The topological polar surface area (TPSA) is 60.9 Å². The number of aryl methyl sites for hydroxylation is 1. The van der Waals surface area contributed by atoms with Crippen LogP contribution in [0.2, 0.25) is 0 Å². The van der Waals surface area contributed by atoms with Crippen LogP contribution in [0.1, 0.15) is 31.3 Å². The van der Waals surface area contributed by atoms with Crippen LogP contribution in [0.15, 0.2) is 12.3 Å². The Morgan fingerprint density at radius 1 is 1.67 bits per heavy atom. The molecule has 0 bridgehead atoms. The van der Waals surface area contributed by atoms with E-state index in [-0.39, 0.29) is 0 Å². The lowest BCUT2D eigenvalue weighted by molar-refractivity contribution is 0.0990. The lowest BCUT2D eigenvalue weighted by Gasteiger charge is -1.97. The second kappa shape index (κ2) is 5.35. The maximum Gasteiger partial charge on any atom is 0.266 e. The SMILES string of the molecule is CC.CCn1nccc1C(N)=O. The maximum atomic E-state index is 10.6. The van der Waals surface area contributed by atoms with Crippen LogP contribution in [0.4, 0.5) is 0 Å². The van der Waals surface area contributed by atoms with Gasteiger partial charge in [-0.25, -0.2) is 0 Å². The van der Waals surface area contributed by atoms with E-state index in [1.165, 1.54) is 0 Å². The second-order valence-corrected chi connectivity index (χ2v) is 1.90. The number of carbonyl (C=O) groups is 1. The van der Waals surface area contributed by atoms with Gasteiger partial charge >= 0.3 is 0 Å². The van der Waals surface area contributed by atoms with Gasteiger partial charge in [0.15, 0.2) is 0 Å². The van der Waals surface area contributed by atoms with Crippen LogP contribution in [0.3, 0.4) is 0 Å². The highest BCUT2D eigenvalue weighted by Gasteiger charge is 2.04. The number of hydrogen-bond donors (Lipinski definition) is 1. The van der Waals surface area contributed by atoms with E-state index in [1.54, 1.807) is 16.9 Å². The highest BCUT2D eigenvalue weighted by Crippen LogP contribution is 1.95. The van der Waals surface area contributed by atoms with Gasteiger partial charge in [0, 0.05) is 12.7 Å². The Labute approximate surface area is 72.4 Å². The number of rotatable bonds is 2. The van der Waals surface area contributed by atoms with E-state index < -0.39 is 5.91 Å². The predicted molar refractivity (Wildman–Crippen MR) is 47.8 cm³/mol. The molecule has 0 fully saturated rings. The third kappa shape index (κ3) is 2.38. The van der Waals surface area contributed by atoms with E-state index in [2.05, 4.69) is 5.10 Å². The summed E-state index contributed by atoms with van der Waals surface area (Å²) in [6.07, 6.45) is 1.56. The van der Waals surface area contributed by atoms with Gasteiger partial charge in [-0.3, -0.25) is 9.48 Å².